The number of benzene rings is 3. The van der Waals surface area contributed by atoms with Crippen molar-refractivity contribution < 1.29 is 22.3 Å². The molecule has 4 rings (SSSR count). The summed E-state index contributed by atoms with van der Waals surface area (Å²) >= 11 is 0. The minimum absolute atomic E-state index is 0.0929. The van der Waals surface area contributed by atoms with Crippen LogP contribution in [0.25, 0.3) is 0 Å². The lowest BCUT2D eigenvalue weighted by molar-refractivity contribution is -0.121. The molecule has 8 heteroatoms. The van der Waals surface area contributed by atoms with Gasteiger partial charge >= 0.3 is 0 Å². The number of anilines is 1. The molecule has 0 saturated heterocycles. The molecule has 0 unspecified atom stereocenters. The minimum atomic E-state index is -4.13. The van der Waals surface area contributed by atoms with Crippen molar-refractivity contribution in [1.82, 2.24) is 5.32 Å². The van der Waals surface area contributed by atoms with Crippen molar-refractivity contribution in [2.24, 2.45) is 0 Å². The molecule has 3 aromatic carbocycles. The Morgan fingerprint density at radius 3 is 2.31 bits per heavy atom. The maximum atomic E-state index is 13.6. The molecule has 1 atom stereocenters. The van der Waals surface area contributed by atoms with Crippen molar-refractivity contribution in [2.45, 2.75) is 56.6 Å². The van der Waals surface area contributed by atoms with Gasteiger partial charge in [0.05, 0.1) is 16.6 Å². The van der Waals surface area contributed by atoms with E-state index in [1.54, 1.807) is 24.3 Å². The Labute approximate surface area is 212 Å². The third kappa shape index (κ3) is 5.23. The van der Waals surface area contributed by atoms with E-state index in [9.17, 15) is 17.6 Å². The van der Waals surface area contributed by atoms with Crippen molar-refractivity contribution in [3.05, 3.63) is 89.7 Å². The number of nitrogens with zero attached hydrogens (tertiary/aromatic N) is 1. The van der Waals surface area contributed by atoms with Crippen LogP contribution in [0.1, 0.15) is 50.3 Å². The highest BCUT2D eigenvalue weighted by Gasteiger charge is 2.39. The second-order valence-corrected chi connectivity index (χ2v) is 11.0. The molecule has 0 fully saturated rings. The van der Waals surface area contributed by atoms with E-state index >= 15 is 0 Å². The van der Waals surface area contributed by atoms with Gasteiger partial charge in [-0.15, -0.1) is 0 Å². The molecule has 1 heterocycles. The van der Waals surface area contributed by atoms with Crippen LogP contribution in [-0.2, 0) is 14.8 Å². The van der Waals surface area contributed by atoms with Gasteiger partial charge in [0.15, 0.2) is 0 Å². The van der Waals surface area contributed by atoms with E-state index in [4.69, 9.17) is 4.74 Å². The summed E-state index contributed by atoms with van der Waals surface area (Å²) in [6.45, 7) is 5.59. The Morgan fingerprint density at radius 1 is 1.03 bits per heavy atom. The van der Waals surface area contributed by atoms with E-state index in [1.165, 1.54) is 12.1 Å². The lowest BCUT2D eigenvalue weighted by Crippen LogP contribution is -2.47. The second-order valence-electron chi connectivity index (χ2n) is 9.16. The zero-order valence-electron chi connectivity index (χ0n) is 20.7. The molecule has 1 N–H and O–H groups in total. The lowest BCUT2D eigenvalue weighted by Gasteiger charge is -2.41. The van der Waals surface area contributed by atoms with Gasteiger partial charge in [0, 0.05) is 12.0 Å². The van der Waals surface area contributed by atoms with Crippen LogP contribution in [0.5, 0.6) is 5.75 Å². The van der Waals surface area contributed by atoms with Crippen molar-refractivity contribution in [3.63, 3.8) is 0 Å². The van der Waals surface area contributed by atoms with Gasteiger partial charge in [0.1, 0.15) is 23.7 Å². The van der Waals surface area contributed by atoms with Gasteiger partial charge in [-0.25, -0.2) is 12.8 Å². The second kappa shape index (κ2) is 10.3. The van der Waals surface area contributed by atoms with Crippen molar-refractivity contribution in [1.29, 1.82) is 0 Å². The molecule has 1 amide bonds. The average molecular weight is 511 g/mol. The molecule has 0 spiro atoms. The summed E-state index contributed by atoms with van der Waals surface area (Å²) in [5.74, 6) is -0.252. The number of nitrogens with one attached hydrogen (secondary N) is 1. The van der Waals surface area contributed by atoms with Gasteiger partial charge in [-0.1, -0.05) is 49.7 Å². The van der Waals surface area contributed by atoms with E-state index in [1.807, 2.05) is 31.2 Å². The number of halogens is 1. The predicted octanol–water partition coefficient (Wildman–Crippen LogP) is 5.53. The van der Waals surface area contributed by atoms with Crippen LogP contribution < -0.4 is 14.4 Å². The summed E-state index contributed by atoms with van der Waals surface area (Å²) in [5.41, 5.74) is 1.76. The maximum absolute atomic E-state index is 13.6. The van der Waals surface area contributed by atoms with Crippen molar-refractivity contribution >= 4 is 21.6 Å². The largest absolute Gasteiger partial charge is 0.487 e. The minimum Gasteiger partial charge on any atom is -0.487 e. The first-order valence-corrected chi connectivity index (χ1v) is 13.5. The van der Waals surface area contributed by atoms with Gasteiger partial charge < -0.3 is 10.1 Å². The van der Waals surface area contributed by atoms with Crippen LogP contribution in [0, 0.1) is 12.7 Å². The summed E-state index contributed by atoms with van der Waals surface area (Å²) < 4.78 is 48.0. The highest BCUT2D eigenvalue weighted by molar-refractivity contribution is 7.92. The number of para-hydroxylation sites is 1. The smallest absolute Gasteiger partial charge is 0.264 e. The highest BCUT2D eigenvalue weighted by Crippen LogP contribution is 2.42. The van der Waals surface area contributed by atoms with Crippen LogP contribution in [0.3, 0.4) is 0 Å². The fourth-order valence-corrected chi connectivity index (χ4v) is 5.98. The summed E-state index contributed by atoms with van der Waals surface area (Å²) in [4.78, 5) is 13.3. The van der Waals surface area contributed by atoms with E-state index in [0.717, 1.165) is 46.2 Å². The number of amides is 1. The number of ether oxygens (including phenoxy) is 1. The van der Waals surface area contributed by atoms with Crippen molar-refractivity contribution in [3.8, 4) is 5.75 Å². The molecule has 0 radical (unpaired) electrons. The van der Waals surface area contributed by atoms with E-state index in [0.29, 0.717) is 12.1 Å². The standard InChI is InChI=1S/C28H31FN2O4S/c1-4-28(5-2)18-25(24-8-6-7-9-26(24)35-28)30-27(32)19-31(22-14-10-20(3)11-15-22)36(33,34)23-16-12-21(29)13-17-23/h6-17,25H,4-5,18-19H2,1-3H3,(H,30,32)/t25-/m0/s1. The van der Waals surface area contributed by atoms with Crippen LogP contribution in [-0.4, -0.2) is 26.5 Å². The van der Waals surface area contributed by atoms with Crippen LogP contribution in [0.4, 0.5) is 10.1 Å². The van der Waals surface area contributed by atoms with Crippen molar-refractivity contribution in [2.75, 3.05) is 10.8 Å². The molecule has 0 aliphatic carbocycles. The number of carbonyl (C=O) groups is 1. The number of fused-ring (bicyclic) bond motifs is 1. The van der Waals surface area contributed by atoms with Gasteiger partial charge in [0.25, 0.3) is 10.0 Å². The third-order valence-electron chi connectivity index (χ3n) is 6.83. The number of carbonyl (C=O) groups excluding carboxylic acids is 1. The zero-order valence-corrected chi connectivity index (χ0v) is 21.5. The molecule has 6 nitrogen and oxygen atoms in total. The molecule has 0 aromatic heterocycles. The van der Waals surface area contributed by atoms with Gasteiger partial charge in [-0.3, -0.25) is 9.10 Å². The Bertz CT molecular complexity index is 1320. The van der Waals surface area contributed by atoms with Gasteiger partial charge in [-0.05, 0) is 62.2 Å². The Kier molecular flexibility index (Phi) is 7.36. The van der Waals surface area contributed by atoms with Gasteiger partial charge in [-0.2, -0.15) is 0 Å². The molecule has 0 bridgehead atoms. The number of rotatable bonds is 8. The van der Waals surface area contributed by atoms with E-state index in [2.05, 4.69) is 19.2 Å². The lowest BCUT2D eigenvalue weighted by atomic mass is 9.83. The fraction of sp³-hybridized carbons (Fsp3) is 0.321. The molecule has 0 saturated carbocycles. The number of sulfonamides is 1. The molecular weight excluding hydrogens is 479 g/mol. The Morgan fingerprint density at radius 2 is 1.67 bits per heavy atom. The summed E-state index contributed by atoms with van der Waals surface area (Å²) in [5, 5.41) is 3.06. The SMILES string of the molecule is CCC1(CC)C[C@H](NC(=O)CN(c2ccc(C)cc2)S(=O)(=O)c2ccc(F)cc2)c2ccccc2O1. The number of aryl methyl sites for hydroxylation is 1. The third-order valence-corrected chi connectivity index (χ3v) is 8.62. The van der Waals surface area contributed by atoms with Crippen LogP contribution in [0.15, 0.2) is 77.7 Å². The first kappa shape index (κ1) is 25.7. The fourth-order valence-electron chi connectivity index (χ4n) is 4.56. The maximum Gasteiger partial charge on any atom is 0.264 e. The summed E-state index contributed by atoms with van der Waals surface area (Å²) in [6, 6.07) is 18.8. The first-order valence-electron chi connectivity index (χ1n) is 12.1. The predicted molar refractivity (Wildman–Crippen MR) is 138 cm³/mol. The monoisotopic (exact) mass is 510 g/mol. The molecule has 190 valence electrons. The van der Waals surface area contributed by atoms with Gasteiger partial charge in [0.2, 0.25) is 5.91 Å². The normalized spacial score (nSPS) is 16.5. The topological polar surface area (TPSA) is 75.7 Å². The highest BCUT2D eigenvalue weighted by atomic mass is 32.2. The molecule has 3 aromatic rings. The summed E-state index contributed by atoms with van der Waals surface area (Å²) in [6.07, 6.45) is 2.13. The quantitative estimate of drug-likeness (QED) is 0.433. The Balaban J connectivity index is 1.65. The zero-order chi connectivity index (χ0) is 25.9. The number of hydrogen-bond acceptors (Lipinski definition) is 4. The first-order chi connectivity index (χ1) is 17.2. The molecule has 1 aliphatic heterocycles. The van der Waals surface area contributed by atoms with E-state index < -0.39 is 33.9 Å². The molecule has 1 aliphatic rings. The molecular formula is C28H31FN2O4S. The van der Waals surface area contributed by atoms with Crippen LogP contribution >= 0.6 is 0 Å². The van der Waals surface area contributed by atoms with Crippen LogP contribution in [0.2, 0.25) is 0 Å². The van der Waals surface area contributed by atoms with E-state index in [-0.39, 0.29) is 10.9 Å². The Hall–Kier alpha value is -3.39. The average Bonchev–Trinajstić information content (AvgIpc) is 2.88. The number of hydrogen-bond donors (Lipinski definition) is 1. The summed E-state index contributed by atoms with van der Waals surface area (Å²) in [7, 11) is -4.13. The molecule has 36 heavy (non-hydrogen) atoms.